The molecule has 150 valence electrons. The molecular formula is C17H24N8O3. The van der Waals surface area contributed by atoms with Gasteiger partial charge >= 0.3 is 12.1 Å². The van der Waals surface area contributed by atoms with Crippen LogP contribution in [0.3, 0.4) is 0 Å². The number of ether oxygens (including phenoxy) is 1. The number of amides is 3. The first-order valence-electron chi connectivity index (χ1n) is 8.52. The number of hydrogen-bond acceptors (Lipinski definition) is 8. The smallest absolute Gasteiger partial charge is 0.426 e. The van der Waals surface area contributed by atoms with Crippen LogP contribution in [-0.2, 0) is 4.74 Å². The molecule has 11 heteroatoms. The van der Waals surface area contributed by atoms with E-state index in [0.29, 0.717) is 17.6 Å². The minimum atomic E-state index is -0.816. The molecule has 0 aliphatic carbocycles. The molecule has 0 radical (unpaired) electrons. The molecular weight excluding hydrogens is 364 g/mol. The number of hydrogen-bond donors (Lipinski definition) is 2. The van der Waals surface area contributed by atoms with Gasteiger partial charge in [0.2, 0.25) is 11.9 Å². The van der Waals surface area contributed by atoms with Crippen LogP contribution >= 0.6 is 0 Å². The minimum absolute atomic E-state index is 0.0658. The van der Waals surface area contributed by atoms with Gasteiger partial charge in [0.15, 0.2) is 0 Å². The summed E-state index contributed by atoms with van der Waals surface area (Å²) in [7, 11) is 7.02. The molecule has 28 heavy (non-hydrogen) atoms. The average molecular weight is 388 g/mol. The van der Waals surface area contributed by atoms with Crippen LogP contribution in [0, 0.1) is 0 Å². The Hall–Kier alpha value is -3.63. The molecule has 2 N–H and O–H groups in total. The van der Waals surface area contributed by atoms with E-state index in [1.807, 2.05) is 6.07 Å². The van der Waals surface area contributed by atoms with Gasteiger partial charge in [-0.15, -0.1) is 0 Å². The Kier molecular flexibility index (Phi) is 6.90. The Morgan fingerprint density at radius 3 is 1.96 bits per heavy atom. The first-order valence-corrected chi connectivity index (χ1v) is 8.52. The van der Waals surface area contributed by atoms with Gasteiger partial charge in [0.05, 0.1) is 6.61 Å². The van der Waals surface area contributed by atoms with Gasteiger partial charge in [0.25, 0.3) is 5.95 Å². The van der Waals surface area contributed by atoms with Crippen molar-refractivity contribution in [2.24, 2.45) is 0 Å². The second kappa shape index (κ2) is 9.35. The van der Waals surface area contributed by atoms with Crippen LogP contribution in [0.2, 0.25) is 0 Å². The lowest BCUT2D eigenvalue weighted by molar-refractivity contribution is 0.151. The summed E-state index contributed by atoms with van der Waals surface area (Å²) in [6.07, 6.45) is -0.816. The van der Waals surface area contributed by atoms with Gasteiger partial charge in [0.1, 0.15) is 0 Å². The summed E-state index contributed by atoms with van der Waals surface area (Å²) >= 11 is 0. The summed E-state index contributed by atoms with van der Waals surface area (Å²) in [5, 5.41) is 3.56. The van der Waals surface area contributed by atoms with Crippen LogP contribution in [0.1, 0.15) is 6.92 Å². The van der Waals surface area contributed by atoms with Crippen molar-refractivity contribution in [3.05, 3.63) is 30.3 Å². The van der Waals surface area contributed by atoms with Crippen molar-refractivity contribution in [3.8, 4) is 0 Å². The summed E-state index contributed by atoms with van der Waals surface area (Å²) in [6, 6.07) is 8.13. The number of para-hydroxylation sites is 1. The van der Waals surface area contributed by atoms with Crippen molar-refractivity contribution >= 4 is 35.7 Å². The van der Waals surface area contributed by atoms with Crippen molar-refractivity contribution < 1.29 is 14.3 Å². The van der Waals surface area contributed by atoms with Crippen LogP contribution in [0.15, 0.2) is 30.3 Å². The monoisotopic (exact) mass is 388 g/mol. The SMILES string of the molecule is CCOC(=O)NN(C(=O)Nc1ccccc1)c1nc(N(C)C)nc(N(C)C)n1. The first-order chi connectivity index (χ1) is 13.3. The normalized spacial score (nSPS) is 10.0. The van der Waals surface area contributed by atoms with E-state index in [2.05, 4.69) is 25.7 Å². The van der Waals surface area contributed by atoms with Gasteiger partial charge in [-0.2, -0.15) is 20.0 Å². The zero-order valence-corrected chi connectivity index (χ0v) is 16.5. The summed E-state index contributed by atoms with van der Waals surface area (Å²) in [5.74, 6) is 0.567. The number of benzene rings is 1. The number of nitrogens with one attached hydrogen (secondary N) is 2. The Morgan fingerprint density at radius 1 is 0.929 bits per heavy atom. The van der Waals surface area contributed by atoms with E-state index in [0.717, 1.165) is 5.01 Å². The highest BCUT2D eigenvalue weighted by atomic mass is 16.6. The summed E-state index contributed by atoms with van der Waals surface area (Å²) in [5.41, 5.74) is 2.90. The third kappa shape index (κ3) is 5.43. The van der Waals surface area contributed by atoms with Gasteiger partial charge in [-0.3, -0.25) is 0 Å². The van der Waals surface area contributed by atoms with Gasteiger partial charge in [-0.05, 0) is 19.1 Å². The largest absolute Gasteiger partial charge is 0.449 e. The number of aromatic nitrogens is 3. The maximum atomic E-state index is 12.8. The zero-order valence-electron chi connectivity index (χ0n) is 16.5. The number of rotatable bonds is 5. The van der Waals surface area contributed by atoms with Crippen molar-refractivity contribution in [1.82, 2.24) is 20.4 Å². The zero-order chi connectivity index (χ0) is 20.7. The highest BCUT2D eigenvalue weighted by molar-refractivity contribution is 6.01. The molecule has 2 aromatic rings. The molecule has 0 bridgehead atoms. The number of hydrazine groups is 1. The number of nitrogens with zero attached hydrogens (tertiary/aromatic N) is 6. The molecule has 0 saturated carbocycles. The highest BCUT2D eigenvalue weighted by Crippen LogP contribution is 2.17. The molecule has 0 unspecified atom stereocenters. The standard InChI is InChI=1S/C17H24N8O3/c1-6-28-17(27)22-25(16(26)18-12-10-8-7-9-11-12)15-20-13(23(2)3)19-14(21-15)24(4)5/h7-11H,6H2,1-5H3,(H,18,26)(H,22,27). The van der Waals surface area contributed by atoms with E-state index in [9.17, 15) is 9.59 Å². The number of anilines is 4. The molecule has 1 aromatic heterocycles. The lowest BCUT2D eigenvalue weighted by Gasteiger charge is -2.23. The average Bonchev–Trinajstić information content (AvgIpc) is 2.66. The summed E-state index contributed by atoms with van der Waals surface area (Å²) in [4.78, 5) is 41.0. The second-order valence-electron chi connectivity index (χ2n) is 5.99. The predicted molar refractivity (Wildman–Crippen MR) is 107 cm³/mol. The molecule has 0 spiro atoms. The van der Waals surface area contributed by atoms with Gasteiger partial charge in [0, 0.05) is 33.9 Å². The molecule has 0 atom stereocenters. The fraction of sp³-hybridized carbons (Fsp3) is 0.353. The van der Waals surface area contributed by atoms with E-state index in [-0.39, 0.29) is 12.6 Å². The van der Waals surface area contributed by atoms with Gasteiger partial charge in [-0.25, -0.2) is 15.0 Å². The van der Waals surface area contributed by atoms with Crippen molar-refractivity contribution in [3.63, 3.8) is 0 Å². The number of urea groups is 1. The predicted octanol–water partition coefficient (Wildman–Crippen LogP) is 1.70. The van der Waals surface area contributed by atoms with Crippen molar-refractivity contribution in [1.29, 1.82) is 0 Å². The van der Waals surface area contributed by atoms with Gasteiger partial charge < -0.3 is 19.9 Å². The lowest BCUT2D eigenvalue weighted by Crippen LogP contribution is -2.50. The molecule has 0 aliphatic heterocycles. The third-order valence-corrected chi connectivity index (χ3v) is 3.31. The maximum Gasteiger partial charge on any atom is 0.426 e. The molecule has 1 aromatic carbocycles. The van der Waals surface area contributed by atoms with Gasteiger partial charge in [-0.1, -0.05) is 18.2 Å². The number of carbonyl (C=O) groups is 2. The maximum absolute atomic E-state index is 12.8. The van der Waals surface area contributed by atoms with E-state index >= 15 is 0 Å². The van der Waals surface area contributed by atoms with Crippen LogP contribution in [0.4, 0.5) is 33.1 Å². The van der Waals surface area contributed by atoms with Crippen molar-refractivity contribution in [2.45, 2.75) is 6.92 Å². The van der Waals surface area contributed by atoms with Crippen LogP contribution in [-0.4, -0.2) is 61.9 Å². The lowest BCUT2D eigenvalue weighted by atomic mass is 10.3. The first kappa shape index (κ1) is 20.7. The fourth-order valence-electron chi connectivity index (χ4n) is 1.99. The van der Waals surface area contributed by atoms with E-state index in [4.69, 9.17) is 4.74 Å². The van der Waals surface area contributed by atoms with Crippen LogP contribution < -0.4 is 25.6 Å². The van der Waals surface area contributed by atoms with E-state index in [1.165, 1.54) is 0 Å². The quantitative estimate of drug-likeness (QED) is 0.744. The molecule has 0 aliphatic rings. The molecule has 2 rings (SSSR count). The number of carbonyl (C=O) groups excluding carboxylic acids is 2. The fourth-order valence-corrected chi connectivity index (χ4v) is 1.99. The highest BCUT2D eigenvalue weighted by Gasteiger charge is 2.24. The minimum Gasteiger partial charge on any atom is -0.449 e. The van der Waals surface area contributed by atoms with Crippen molar-refractivity contribution in [2.75, 3.05) is 54.9 Å². The van der Waals surface area contributed by atoms with Crippen LogP contribution in [0.5, 0.6) is 0 Å². The summed E-state index contributed by atoms with van der Waals surface area (Å²) in [6.45, 7) is 1.80. The third-order valence-electron chi connectivity index (χ3n) is 3.31. The van der Waals surface area contributed by atoms with E-state index < -0.39 is 12.1 Å². The van der Waals surface area contributed by atoms with E-state index in [1.54, 1.807) is 69.2 Å². The topological polar surface area (TPSA) is 116 Å². The second-order valence-corrected chi connectivity index (χ2v) is 5.99. The molecule has 0 fully saturated rings. The molecule has 3 amide bonds. The Balaban J connectivity index is 2.42. The Labute approximate surface area is 163 Å². The van der Waals surface area contributed by atoms with Crippen LogP contribution in [0.25, 0.3) is 0 Å². The Bertz CT molecular complexity index is 787. The molecule has 1 heterocycles. The molecule has 11 nitrogen and oxygen atoms in total. The molecule has 0 saturated heterocycles. The summed E-state index contributed by atoms with van der Waals surface area (Å²) < 4.78 is 4.89. The Morgan fingerprint density at radius 2 is 1.46 bits per heavy atom.